The minimum Gasteiger partial charge on any atom is -0.199 e. The van der Waals surface area contributed by atoms with E-state index in [4.69, 9.17) is 9.97 Å². The summed E-state index contributed by atoms with van der Waals surface area (Å²) in [5, 5.41) is 27.9. The Hall–Kier alpha value is -5.11. The number of hydrogen-bond donors (Lipinski definition) is 2. The molecule has 0 radical (unpaired) electrons. The van der Waals surface area contributed by atoms with Crippen LogP contribution < -0.4 is 0 Å². The number of aromatic nitrogens is 2. The second-order valence-electron chi connectivity index (χ2n) is 20.6. The first-order valence-corrected chi connectivity index (χ1v) is 31.2. The Balaban J connectivity index is 0.000000393. The van der Waals surface area contributed by atoms with E-state index < -0.39 is 0 Å². The van der Waals surface area contributed by atoms with Crippen LogP contribution in [0.2, 0.25) is 0 Å². The summed E-state index contributed by atoms with van der Waals surface area (Å²) in [5.74, 6) is 2.71. The predicted octanol–water partition coefficient (Wildman–Crippen LogP) is 17.1. The Kier molecular flexibility index (Phi) is 16.3. The van der Waals surface area contributed by atoms with Crippen molar-refractivity contribution in [1.82, 2.24) is 9.97 Å². The van der Waals surface area contributed by atoms with Crippen LogP contribution in [0.3, 0.4) is 0 Å². The first-order valence-electron chi connectivity index (χ1n) is 24.5. The topological polar surface area (TPSA) is 66.2 Å². The molecule has 4 atom stereocenters. The summed E-state index contributed by atoms with van der Waals surface area (Å²) in [6, 6.07) is 53.6. The van der Waals surface area contributed by atoms with Crippen LogP contribution in [0.25, 0.3) is 44.3 Å². The van der Waals surface area contributed by atoms with E-state index in [1.807, 2.05) is 84.9 Å². The van der Waals surface area contributed by atoms with Crippen molar-refractivity contribution in [1.29, 1.82) is 0 Å². The van der Waals surface area contributed by atoms with Gasteiger partial charge in [0.1, 0.15) is 0 Å². The molecule has 1 aliphatic heterocycles. The minimum atomic E-state index is -0.382. The summed E-state index contributed by atoms with van der Waals surface area (Å²) in [4.78, 5) is 10.1. The Morgan fingerprint density at radius 1 is 0.493 bits per heavy atom. The zero-order valence-corrected chi connectivity index (χ0v) is 44.5. The van der Waals surface area contributed by atoms with Crippen LogP contribution in [0.1, 0.15) is 113 Å². The SMILES string of the molecule is CC(C)(C)c1cc(C[S]2=[Ti]=[S@@](Cc3cc(C(C)(C)C)cc(-c4ccc5ccccc5n4)c3O)C3CCCCCC[C@@H]32)c(O)c(-c2ccc3ccccc3n2)c1.[CH2-]c1ccccc1.[CH2-]c1ccccc1. The van der Waals surface area contributed by atoms with Gasteiger partial charge in [0, 0.05) is 0 Å². The summed E-state index contributed by atoms with van der Waals surface area (Å²) in [5.41, 5.74) is 12.0. The van der Waals surface area contributed by atoms with E-state index in [2.05, 4.69) is 128 Å². The van der Waals surface area contributed by atoms with Crippen molar-refractivity contribution >= 4 is 37.7 Å². The number of benzene rings is 6. The second kappa shape index (κ2) is 22.3. The number of nitrogens with zero attached hydrogens (tertiary/aromatic N) is 2. The van der Waals surface area contributed by atoms with Gasteiger partial charge in [-0.3, -0.25) is 0 Å². The molecule has 7 heteroatoms. The molecule has 8 aromatic rings. The largest absolute Gasteiger partial charge is 0.199 e. The van der Waals surface area contributed by atoms with Gasteiger partial charge in [0.25, 0.3) is 0 Å². The third-order valence-corrected chi connectivity index (χ3v) is 29.2. The van der Waals surface area contributed by atoms with E-state index in [9.17, 15) is 10.2 Å². The van der Waals surface area contributed by atoms with Gasteiger partial charge in [-0.05, 0) is 0 Å². The van der Waals surface area contributed by atoms with Crippen molar-refractivity contribution in [3.8, 4) is 34.0 Å². The summed E-state index contributed by atoms with van der Waals surface area (Å²) < 4.78 is 0. The molecule has 2 aliphatic rings. The number of hydrogen-bond acceptors (Lipinski definition) is 4. The molecule has 4 nitrogen and oxygen atoms in total. The number of pyridine rings is 2. The van der Waals surface area contributed by atoms with Crippen LogP contribution in [0.5, 0.6) is 11.5 Å². The first-order chi connectivity index (χ1) is 33.1. The third kappa shape index (κ3) is 12.6. The van der Waals surface area contributed by atoms with Gasteiger partial charge in [0.2, 0.25) is 0 Å². The zero-order valence-electron chi connectivity index (χ0n) is 41.3. The fourth-order valence-electron chi connectivity index (χ4n) is 9.19. The van der Waals surface area contributed by atoms with Crippen LogP contribution in [0.15, 0.2) is 158 Å². The van der Waals surface area contributed by atoms with Crippen molar-refractivity contribution in [3.05, 3.63) is 205 Å². The molecule has 2 unspecified atom stereocenters. The average Bonchev–Trinajstić information content (AvgIpc) is 3.63. The molecule has 2 aromatic heterocycles. The van der Waals surface area contributed by atoms with Gasteiger partial charge in [-0.25, -0.2) is 0 Å². The van der Waals surface area contributed by atoms with E-state index >= 15 is 0 Å². The second-order valence-corrected chi connectivity index (χ2v) is 32.0. The van der Waals surface area contributed by atoms with Gasteiger partial charge in [-0.15, -0.1) is 24.3 Å². The molecule has 0 bridgehead atoms. The van der Waals surface area contributed by atoms with Gasteiger partial charge in [-0.2, -0.15) is 49.2 Å². The van der Waals surface area contributed by atoms with E-state index in [1.54, 1.807) is 0 Å². The van der Waals surface area contributed by atoms with Crippen molar-refractivity contribution in [2.24, 2.45) is 0 Å². The maximum atomic E-state index is 12.2. The maximum absolute atomic E-state index is 12.2. The van der Waals surface area contributed by atoms with Gasteiger partial charge in [0.15, 0.2) is 0 Å². The molecule has 356 valence electrons. The number of aromatic hydroxyl groups is 2. The van der Waals surface area contributed by atoms with E-state index in [0.717, 1.165) is 78.1 Å². The van der Waals surface area contributed by atoms with Crippen molar-refractivity contribution in [2.75, 3.05) is 0 Å². The van der Waals surface area contributed by atoms with Gasteiger partial charge < -0.3 is 0 Å². The molecular weight excluding hydrogens is 917 g/mol. The molecule has 1 fully saturated rings. The maximum Gasteiger partial charge on any atom is -0.0866 e. The molecule has 2 N–H and O–H groups in total. The van der Waals surface area contributed by atoms with Crippen molar-refractivity contribution in [3.63, 3.8) is 0 Å². The van der Waals surface area contributed by atoms with Crippen LogP contribution in [0.4, 0.5) is 0 Å². The average molecular weight is 985 g/mol. The van der Waals surface area contributed by atoms with E-state index in [-0.39, 0.29) is 42.2 Å². The zero-order chi connectivity index (χ0) is 48.7. The Morgan fingerprint density at radius 2 is 0.870 bits per heavy atom. The smallest absolute Gasteiger partial charge is 0.0866 e. The molecule has 1 aliphatic carbocycles. The molecule has 0 spiro atoms. The molecular formula is C62H68N2O2S2Ti-2. The molecule has 3 heterocycles. The van der Waals surface area contributed by atoms with Crippen LogP contribution in [-0.2, 0) is 37.8 Å². The number of fused-ring (bicyclic) bond motifs is 3. The normalized spacial score (nSPS) is 18.0. The number of phenols is 2. The summed E-state index contributed by atoms with van der Waals surface area (Å²) in [6.45, 7) is 21.1. The Labute approximate surface area is 422 Å². The minimum absolute atomic E-state index is 0.0661. The molecule has 6 aromatic carbocycles. The van der Waals surface area contributed by atoms with Crippen LogP contribution in [-0.4, -0.2) is 30.7 Å². The quantitative estimate of drug-likeness (QED) is 0.129. The van der Waals surface area contributed by atoms with E-state index in [0.29, 0.717) is 22.0 Å². The molecule has 69 heavy (non-hydrogen) atoms. The third-order valence-electron chi connectivity index (χ3n) is 13.3. The standard InChI is InChI=1S/C48H54N2O2S2.2C7H7.Ti/c1-47(2,3)35-25-33(45(51)37(27-35)41-23-21-31-15-11-13-17-39(31)49-41)29-53-43-19-9-7-8-10-20-44(43)54-30-34-26-36(48(4,5)6)28-38(46(34)52)42-24-22-32-16-12-14-18-40(32)50-42;2*1-7-5-3-2-4-6-7;/h11-18,21-28,43-44,51-52H,7-10,19-20,29-30H2,1-6H3;2*2-6H,1H2;/q;2*-1;/t43-,44?;;;/m0.../s1. The summed E-state index contributed by atoms with van der Waals surface area (Å²) >= 11 is -0.382. The fourth-order valence-corrected chi connectivity index (χ4v) is 30.0. The Bertz CT molecular complexity index is 2920. The molecule has 0 amide bonds. The van der Waals surface area contributed by atoms with Crippen LogP contribution in [0, 0.1) is 13.8 Å². The first kappa shape index (κ1) is 50.3. The Morgan fingerprint density at radius 3 is 1.23 bits per heavy atom. The fraction of sp³-hybridized carbons (Fsp3) is 0.290. The number of para-hydroxylation sites is 2. The van der Waals surface area contributed by atoms with Crippen molar-refractivity contribution in [2.45, 2.75) is 113 Å². The molecule has 0 saturated heterocycles. The monoisotopic (exact) mass is 984 g/mol. The van der Waals surface area contributed by atoms with Gasteiger partial charge in [-0.1, -0.05) is 12.1 Å². The van der Waals surface area contributed by atoms with Gasteiger partial charge in [0.05, 0.1) is 0 Å². The number of rotatable bonds is 6. The number of phenolic OH excluding ortho intramolecular Hbond substituents is 2. The molecule has 1 saturated carbocycles. The predicted molar refractivity (Wildman–Crippen MR) is 295 cm³/mol. The van der Waals surface area contributed by atoms with Crippen LogP contribution >= 0.6 is 15.9 Å². The summed E-state index contributed by atoms with van der Waals surface area (Å²) in [7, 11) is 0.454. The molecule has 10 rings (SSSR count). The summed E-state index contributed by atoms with van der Waals surface area (Å²) in [6.07, 6.45) is 7.84. The van der Waals surface area contributed by atoms with Crippen molar-refractivity contribution < 1.29 is 25.7 Å². The van der Waals surface area contributed by atoms with Gasteiger partial charge >= 0.3 is 340 Å². The van der Waals surface area contributed by atoms with E-state index in [1.165, 1.54) is 49.7 Å².